The number of nitrogens with zero attached hydrogens (tertiary/aromatic N) is 3. The quantitative estimate of drug-likeness (QED) is 0.578. The number of likely N-dealkylation sites (tertiary alicyclic amines) is 1. The van der Waals surface area contributed by atoms with E-state index in [1.807, 2.05) is 7.05 Å². The third-order valence-electron chi connectivity index (χ3n) is 4.95. The van der Waals surface area contributed by atoms with Crippen molar-refractivity contribution in [1.82, 2.24) is 15.1 Å². The van der Waals surface area contributed by atoms with Crippen LogP contribution in [0.5, 0.6) is 0 Å². The fraction of sp³-hybridized carbons (Fsp3) is 0.650. The van der Waals surface area contributed by atoms with E-state index in [4.69, 9.17) is 4.74 Å². The number of benzene rings is 1. The van der Waals surface area contributed by atoms with Gasteiger partial charge in [-0.1, -0.05) is 30.3 Å². The van der Waals surface area contributed by atoms with Gasteiger partial charge in [0.1, 0.15) is 0 Å². The number of aliphatic imine (C=N–C) groups is 1. The molecule has 1 saturated heterocycles. The zero-order valence-corrected chi connectivity index (χ0v) is 16.1. The first-order valence-corrected chi connectivity index (χ1v) is 9.40. The monoisotopic (exact) mass is 346 g/mol. The minimum absolute atomic E-state index is 0.778. The van der Waals surface area contributed by atoms with E-state index < -0.39 is 0 Å². The summed E-state index contributed by atoms with van der Waals surface area (Å²) in [6, 6.07) is 10.9. The van der Waals surface area contributed by atoms with Crippen LogP contribution < -0.4 is 5.32 Å². The maximum absolute atomic E-state index is 5.11. The molecule has 1 aliphatic rings. The Bertz CT molecular complexity index is 498. The van der Waals surface area contributed by atoms with E-state index in [2.05, 4.69) is 57.5 Å². The Morgan fingerprint density at radius 1 is 1.24 bits per heavy atom. The lowest BCUT2D eigenvalue weighted by atomic mass is 9.90. The van der Waals surface area contributed by atoms with Gasteiger partial charge in [0.05, 0.1) is 6.61 Å². The van der Waals surface area contributed by atoms with Gasteiger partial charge in [-0.2, -0.15) is 0 Å². The van der Waals surface area contributed by atoms with Gasteiger partial charge in [-0.3, -0.25) is 4.99 Å². The molecular formula is C20H34N4O. The van der Waals surface area contributed by atoms with Crippen LogP contribution in [-0.4, -0.2) is 76.3 Å². The average molecular weight is 347 g/mol. The minimum Gasteiger partial charge on any atom is -0.383 e. The van der Waals surface area contributed by atoms with Gasteiger partial charge in [-0.15, -0.1) is 0 Å². The predicted molar refractivity (Wildman–Crippen MR) is 105 cm³/mol. The molecule has 1 fully saturated rings. The lowest BCUT2D eigenvalue weighted by Gasteiger charge is -2.34. The van der Waals surface area contributed by atoms with Gasteiger partial charge >= 0.3 is 0 Å². The molecule has 0 amide bonds. The van der Waals surface area contributed by atoms with Crippen LogP contribution in [0.3, 0.4) is 0 Å². The normalized spacial score (nSPS) is 16.5. The molecule has 0 bridgehead atoms. The zero-order valence-electron chi connectivity index (χ0n) is 16.1. The van der Waals surface area contributed by atoms with Crippen molar-refractivity contribution >= 4 is 5.96 Å². The Labute approximate surface area is 153 Å². The van der Waals surface area contributed by atoms with E-state index >= 15 is 0 Å². The number of ether oxygens (including phenoxy) is 1. The highest BCUT2D eigenvalue weighted by Crippen LogP contribution is 2.21. The number of likely N-dealkylation sites (N-methyl/N-ethyl adjacent to an activating group) is 1. The number of hydrogen-bond donors (Lipinski definition) is 1. The molecule has 1 heterocycles. The molecule has 1 N–H and O–H groups in total. The molecular weight excluding hydrogens is 312 g/mol. The predicted octanol–water partition coefficient (Wildman–Crippen LogP) is 2.09. The maximum atomic E-state index is 5.11. The standard InChI is InChI=1S/C20H34N4O/c1-21-20(22-11-14-23(2)15-16-25-3)24-12-9-19(10-13-24)17-18-7-5-4-6-8-18/h4-8,19H,9-17H2,1-3H3,(H,21,22). The lowest BCUT2D eigenvalue weighted by molar-refractivity contribution is 0.162. The molecule has 0 atom stereocenters. The van der Waals surface area contributed by atoms with E-state index in [1.54, 1.807) is 7.11 Å². The van der Waals surface area contributed by atoms with Crippen molar-refractivity contribution in [2.45, 2.75) is 19.3 Å². The lowest BCUT2D eigenvalue weighted by Crippen LogP contribution is -2.47. The average Bonchev–Trinajstić information content (AvgIpc) is 2.65. The van der Waals surface area contributed by atoms with Gasteiger partial charge in [0, 0.05) is 46.9 Å². The van der Waals surface area contributed by atoms with Crippen molar-refractivity contribution in [3.8, 4) is 0 Å². The minimum atomic E-state index is 0.778. The second-order valence-corrected chi connectivity index (χ2v) is 6.89. The van der Waals surface area contributed by atoms with Crippen molar-refractivity contribution in [2.24, 2.45) is 10.9 Å². The van der Waals surface area contributed by atoms with Gasteiger partial charge in [0.25, 0.3) is 0 Å². The van der Waals surface area contributed by atoms with Crippen LogP contribution in [-0.2, 0) is 11.2 Å². The number of hydrogen-bond acceptors (Lipinski definition) is 3. The summed E-state index contributed by atoms with van der Waals surface area (Å²) in [5.41, 5.74) is 1.46. The SMILES string of the molecule is CN=C(NCCN(C)CCOC)N1CCC(Cc2ccccc2)CC1. The number of nitrogens with one attached hydrogen (secondary N) is 1. The largest absolute Gasteiger partial charge is 0.383 e. The topological polar surface area (TPSA) is 40.1 Å². The molecule has 2 rings (SSSR count). The summed E-state index contributed by atoms with van der Waals surface area (Å²) in [4.78, 5) is 9.14. The van der Waals surface area contributed by atoms with Crippen molar-refractivity contribution in [1.29, 1.82) is 0 Å². The van der Waals surface area contributed by atoms with Crippen molar-refractivity contribution in [3.63, 3.8) is 0 Å². The number of piperidine rings is 1. The van der Waals surface area contributed by atoms with Crippen LogP contribution in [0.15, 0.2) is 35.3 Å². The maximum Gasteiger partial charge on any atom is 0.193 e. The van der Waals surface area contributed by atoms with E-state index in [1.165, 1.54) is 24.8 Å². The van der Waals surface area contributed by atoms with Crippen LogP contribution in [0.2, 0.25) is 0 Å². The van der Waals surface area contributed by atoms with Crippen LogP contribution in [0, 0.1) is 5.92 Å². The zero-order chi connectivity index (χ0) is 17.9. The van der Waals surface area contributed by atoms with E-state index in [-0.39, 0.29) is 0 Å². The molecule has 140 valence electrons. The Morgan fingerprint density at radius 3 is 2.60 bits per heavy atom. The van der Waals surface area contributed by atoms with Crippen LogP contribution >= 0.6 is 0 Å². The van der Waals surface area contributed by atoms with Crippen molar-refractivity contribution in [2.75, 3.05) is 60.5 Å². The van der Waals surface area contributed by atoms with E-state index in [0.29, 0.717) is 0 Å². The number of methoxy groups -OCH3 is 1. The summed E-state index contributed by atoms with van der Waals surface area (Å²) in [6.45, 7) is 5.83. The van der Waals surface area contributed by atoms with Gasteiger partial charge in [-0.25, -0.2) is 0 Å². The summed E-state index contributed by atoms with van der Waals surface area (Å²) in [5.74, 6) is 1.83. The summed E-state index contributed by atoms with van der Waals surface area (Å²) >= 11 is 0. The molecule has 0 aliphatic carbocycles. The van der Waals surface area contributed by atoms with Crippen LogP contribution in [0.4, 0.5) is 0 Å². The highest BCUT2D eigenvalue weighted by atomic mass is 16.5. The second-order valence-electron chi connectivity index (χ2n) is 6.89. The molecule has 1 aliphatic heterocycles. The number of rotatable bonds is 8. The van der Waals surface area contributed by atoms with Crippen LogP contribution in [0.1, 0.15) is 18.4 Å². The Kier molecular flexibility index (Phi) is 8.77. The smallest absolute Gasteiger partial charge is 0.193 e. The highest BCUT2D eigenvalue weighted by molar-refractivity contribution is 5.79. The molecule has 5 nitrogen and oxygen atoms in total. The third-order valence-corrected chi connectivity index (χ3v) is 4.95. The van der Waals surface area contributed by atoms with Gasteiger partial charge in [-0.05, 0) is 37.8 Å². The first kappa shape index (κ1) is 19.7. The first-order valence-electron chi connectivity index (χ1n) is 9.40. The molecule has 0 unspecified atom stereocenters. The molecule has 0 spiro atoms. The summed E-state index contributed by atoms with van der Waals surface area (Å²) in [7, 11) is 5.75. The molecule has 0 radical (unpaired) electrons. The molecule has 1 aromatic rings. The Morgan fingerprint density at radius 2 is 1.96 bits per heavy atom. The second kappa shape index (κ2) is 11.1. The summed E-state index contributed by atoms with van der Waals surface area (Å²) < 4.78 is 5.11. The summed E-state index contributed by atoms with van der Waals surface area (Å²) in [5, 5.41) is 3.50. The Hall–Kier alpha value is -1.59. The van der Waals surface area contributed by atoms with Gasteiger partial charge in [0.2, 0.25) is 0 Å². The van der Waals surface area contributed by atoms with Gasteiger partial charge in [0.15, 0.2) is 5.96 Å². The molecule has 0 saturated carbocycles. The van der Waals surface area contributed by atoms with E-state index in [0.717, 1.165) is 51.2 Å². The third kappa shape index (κ3) is 7.04. The number of guanidine groups is 1. The van der Waals surface area contributed by atoms with E-state index in [9.17, 15) is 0 Å². The fourth-order valence-corrected chi connectivity index (χ4v) is 3.35. The van der Waals surface area contributed by atoms with Crippen molar-refractivity contribution in [3.05, 3.63) is 35.9 Å². The molecule has 25 heavy (non-hydrogen) atoms. The molecule has 5 heteroatoms. The van der Waals surface area contributed by atoms with Crippen molar-refractivity contribution < 1.29 is 4.74 Å². The molecule has 1 aromatic carbocycles. The first-order chi connectivity index (χ1) is 12.2. The van der Waals surface area contributed by atoms with Crippen LogP contribution in [0.25, 0.3) is 0 Å². The molecule has 0 aromatic heterocycles. The van der Waals surface area contributed by atoms with Gasteiger partial charge < -0.3 is 19.9 Å². The Balaban J connectivity index is 1.69. The fourth-order valence-electron chi connectivity index (χ4n) is 3.35. The highest BCUT2D eigenvalue weighted by Gasteiger charge is 2.21. The summed E-state index contributed by atoms with van der Waals surface area (Å²) in [6.07, 6.45) is 3.68.